The molecule has 0 radical (unpaired) electrons. The zero-order valence-electron chi connectivity index (χ0n) is 14.8. The number of unbranched alkanes of at least 4 members (excludes halogenated alkanes) is 4. The Kier molecular flexibility index (Phi) is 8.10. The number of allylic oxidation sites excluding steroid dienone is 2. The first kappa shape index (κ1) is 18.3. The lowest BCUT2D eigenvalue weighted by molar-refractivity contribution is 0.572. The Balaban J connectivity index is 1.80. The van der Waals surface area contributed by atoms with Crippen molar-refractivity contribution in [3.05, 3.63) is 96.6 Å². The first-order valence-corrected chi connectivity index (χ1v) is 9.21. The van der Waals surface area contributed by atoms with Gasteiger partial charge in [-0.3, -0.25) is 0 Å². The molecule has 0 nitrogen and oxygen atoms in total. The maximum Gasteiger partial charge on any atom is 0.00893 e. The summed E-state index contributed by atoms with van der Waals surface area (Å²) in [5.74, 6) is 0.521. The molecule has 24 heavy (non-hydrogen) atoms. The molecule has 0 atom stereocenters. The predicted molar refractivity (Wildman–Crippen MR) is 106 cm³/mol. The van der Waals surface area contributed by atoms with E-state index in [1.165, 1.54) is 55.2 Å². The normalized spacial score (nSPS) is 10.7. The Labute approximate surface area is 147 Å². The van der Waals surface area contributed by atoms with Gasteiger partial charge in [0.15, 0.2) is 0 Å². The highest BCUT2D eigenvalue weighted by molar-refractivity contribution is 5.32. The highest BCUT2D eigenvalue weighted by atomic mass is 14.2. The van der Waals surface area contributed by atoms with E-state index in [1.54, 1.807) is 0 Å². The van der Waals surface area contributed by atoms with Crippen LogP contribution < -0.4 is 0 Å². The number of benzene rings is 2. The Morgan fingerprint density at radius 3 is 1.79 bits per heavy atom. The van der Waals surface area contributed by atoms with Crippen molar-refractivity contribution in [2.75, 3.05) is 0 Å². The van der Waals surface area contributed by atoms with Gasteiger partial charge in [0.2, 0.25) is 0 Å². The fourth-order valence-electron chi connectivity index (χ4n) is 3.23. The minimum absolute atomic E-state index is 0.521. The maximum absolute atomic E-state index is 3.98. The van der Waals surface area contributed by atoms with Crippen LogP contribution in [0.3, 0.4) is 0 Å². The van der Waals surface area contributed by atoms with Crippen molar-refractivity contribution in [2.45, 2.75) is 50.9 Å². The Hall–Kier alpha value is -2.08. The molecule has 0 spiro atoms. The molecule has 0 fully saturated rings. The molecule has 0 unspecified atom stereocenters. The lowest BCUT2D eigenvalue weighted by atomic mass is 9.87. The summed E-state index contributed by atoms with van der Waals surface area (Å²) < 4.78 is 0. The van der Waals surface area contributed by atoms with Gasteiger partial charge in [-0.05, 0) is 30.4 Å². The van der Waals surface area contributed by atoms with Crippen LogP contribution in [0.1, 0.15) is 62.0 Å². The van der Waals surface area contributed by atoms with Gasteiger partial charge in [0.05, 0.1) is 0 Å². The number of rotatable bonds is 11. The van der Waals surface area contributed by atoms with Gasteiger partial charge in [0.1, 0.15) is 0 Å². The molecule has 126 valence electrons. The van der Waals surface area contributed by atoms with Crippen LogP contribution in [0.2, 0.25) is 0 Å². The highest BCUT2D eigenvalue weighted by Crippen LogP contribution is 2.30. The number of hydrogen-bond donors (Lipinski definition) is 0. The summed E-state index contributed by atoms with van der Waals surface area (Å²) in [4.78, 5) is 0. The first-order chi connectivity index (χ1) is 11.8. The summed E-state index contributed by atoms with van der Waals surface area (Å²) in [5, 5.41) is 0. The molecule has 0 aliphatic heterocycles. The second-order valence-electron chi connectivity index (χ2n) is 6.54. The third-order valence-corrected chi connectivity index (χ3v) is 4.68. The van der Waals surface area contributed by atoms with E-state index in [9.17, 15) is 0 Å². The lowest BCUT2D eigenvalue weighted by Gasteiger charge is -2.18. The number of hydrogen-bond acceptors (Lipinski definition) is 0. The predicted octanol–water partition coefficient (Wildman–Crippen LogP) is 7.29. The Bertz CT molecular complexity index is 555. The molecule has 2 rings (SSSR count). The minimum atomic E-state index is 0.521. The monoisotopic (exact) mass is 318 g/mol. The molecular formula is C24H30. The van der Waals surface area contributed by atoms with Crippen molar-refractivity contribution in [2.24, 2.45) is 0 Å². The molecule has 0 bridgehead atoms. The highest BCUT2D eigenvalue weighted by Gasteiger charge is 2.13. The van der Waals surface area contributed by atoms with Crippen molar-refractivity contribution in [1.29, 1.82) is 0 Å². The van der Waals surface area contributed by atoms with Crippen molar-refractivity contribution in [3.63, 3.8) is 0 Å². The van der Waals surface area contributed by atoms with Crippen LogP contribution in [0, 0.1) is 0 Å². The molecular weight excluding hydrogens is 288 g/mol. The largest absolute Gasteiger partial charge is 0.0988 e. The minimum Gasteiger partial charge on any atom is -0.0988 e. The average Bonchev–Trinajstić information content (AvgIpc) is 2.65. The van der Waals surface area contributed by atoms with Gasteiger partial charge < -0.3 is 0 Å². The van der Waals surface area contributed by atoms with Gasteiger partial charge in [-0.25, -0.2) is 0 Å². The average molecular weight is 319 g/mol. The van der Waals surface area contributed by atoms with Crippen molar-refractivity contribution in [1.82, 2.24) is 0 Å². The second kappa shape index (κ2) is 10.6. The van der Waals surface area contributed by atoms with E-state index in [0.29, 0.717) is 5.92 Å². The molecule has 2 aromatic carbocycles. The lowest BCUT2D eigenvalue weighted by Crippen LogP contribution is -2.01. The topological polar surface area (TPSA) is 0 Å². The van der Waals surface area contributed by atoms with E-state index in [0.717, 1.165) is 6.42 Å². The Morgan fingerprint density at radius 2 is 1.25 bits per heavy atom. The third-order valence-electron chi connectivity index (χ3n) is 4.68. The van der Waals surface area contributed by atoms with Gasteiger partial charge in [-0.2, -0.15) is 0 Å². The van der Waals surface area contributed by atoms with Crippen LogP contribution in [-0.2, 0) is 0 Å². The van der Waals surface area contributed by atoms with E-state index in [2.05, 4.69) is 73.8 Å². The SMILES string of the molecule is C=CC(=C)CCCCCCCC(c1ccccc1)c1ccccc1. The zero-order chi connectivity index (χ0) is 17.0. The second-order valence-corrected chi connectivity index (χ2v) is 6.54. The van der Waals surface area contributed by atoms with Gasteiger partial charge in [-0.15, -0.1) is 0 Å². The molecule has 0 saturated heterocycles. The molecule has 0 saturated carbocycles. The molecule has 0 heteroatoms. The summed E-state index contributed by atoms with van der Waals surface area (Å²) in [6, 6.07) is 21.9. The molecule has 0 amide bonds. The van der Waals surface area contributed by atoms with E-state index in [1.807, 2.05) is 6.08 Å². The summed E-state index contributed by atoms with van der Waals surface area (Å²) in [6.07, 6.45) is 10.7. The van der Waals surface area contributed by atoms with Crippen molar-refractivity contribution < 1.29 is 0 Å². The van der Waals surface area contributed by atoms with E-state index < -0.39 is 0 Å². The Morgan fingerprint density at radius 1 is 0.750 bits per heavy atom. The van der Waals surface area contributed by atoms with Gasteiger partial charge in [0, 0.05) is 5.92 Å². The summed E-state index contributed by atoms with van der Waals surface area (Å²) in [6.45, 7) is 7.75. The van der Waals surface area contributed by atoms with Crippen LogP contribution in [0.15, 0.2) is 85.5 Å². The smallest absolute Gasteiger partial charge is 0.00893 e. The van der Waals surface area contributed by atoms with E-state index in [-0.39, 0.29) is 0 Å². The fourth-order valence-corrected chi connectivity index (χ4v) is 3.23. The summed E-state index contributed by atoms with van der Waals surface area (Å²) >= 11 is 0. The third kappa shape index (κ3) is 6.20. The standard InChI is InChI=1S/C24H30/c1-3-21(2)15-9-5-4-6-14-20-24(22-16-10-7-11-17-22)23-18-12-8-13-19-23/h3,7-8,10-13,16-19,24H,1-2,4-6,9,14-15,20H2. The van der Waals surface area contributed by atoms with Crippen LogP contribution in [0.5, 0.6) is 0 Å². The molecule has 0 aliphatic carbocycles. The molecule has 0 N–H and O–H groups in total. The van der Waals surface area contributed by atoms with E-state index >= 15 is 0 Å². The van der Waals surface area contributed by atoms with Crippen LogP contribution >= 0.6 is 0 Å². The van der Waals surface area contributed by atoms with Crippen LogP contribution in [-0.4, -0.2) is 0 Å². The molecule has 2 aromatic rings. The molecule has 0 aromatic heterocycles. The maximum atomic E-state index is 3.98. The summed E-state index contributed by atoms with van der Waals surface area (Å²) in [5.41, 5.74) is 4.04. The van der Waals surface area contributed by atoms with Gasteiger partial charge in [-0.1, -0.05) is 111 Å². The van der Waals surface area contributed by atoms with E-state index in [4.69, 9.17) is 0 Å². The fraction of sp³-hybridized carbons (Fsp3) is 0.333. The van der Waals surface area contributed by atoms with Gasteiger partial charge >= 0.3 is 0 Å². The van der Waals surface area contributed by atoms with Crippen LogP contribution in [0.4, 0.5) is 0 Å². The first-order valence-electron chi connectivity index (χ1n) is 9.21. The van der Waals surface area contributed by atoms with Crippen LogP contribution in [0.25, 0.3) is 0 Å². The zero-order valence-corrected chi connectivity index (χ0v) is 14.8. The molecule has 0 heterocycles. The van der Waals surface area contributed by atoms with Crippen molar-refractivity contribution >= 4 is 0 Å². The summed E-state index contributed by atoms with van der Waals surface area (Å²) in [7, 11) is 0. The quantitative estimate of drug-likeness (QED) is 0.301. The molecule has 0 aliphatic rings. The van der Waals surface area contributed by atoms with Crippen molar-refractivity contribution in [3.8, 4) is 0 Å². The van der Waals surface area contributed by atoms with Gasteiger partial charge in [0.25, 0.3) is 0 Å².